The SMILES string of the molecule is CCCCCCc1ccsc1-c1cc(P(c2ccccc2)c2ccccc2)c(-c2sc(-c3sccc3CCCCCC)cc2P(c2ccccc2)c2ccccc2)s1. The van der Waals surface area contributed by atoms with Crippen LogP contribution in [-0.4, -0.2) is 0 Å². The molecular weight excluding hydrogens is 815 g/mol. The van der Waals surface area contributed by atoms with Crippen LogP contribution in [0.1, 0.15) is 76.3 Å². The van der Waals surface area contributed by atoms with Gasteiger partial charge in [0.2, 0.25) is 0 Å². The molecule has 0 radical (unpaired) electrons. The summed E-state index contributed by atoms with van der Waals surface area (Å²) in [7, 11) is -1.67. The fraction of sp³-hybridized carbons (Fsp3) is 0.231. The van der Waals surface area contributed by atoms with Gasteiger partial charge in [0.25, 0.3) is 0 Å². The van der Waals surface area contributed by atoms with Crippen LogP contribution in [0.4, 0.5) is 0 Å². The van der Waals surface area contributed by atoms with Crippen LogP contribution in [0.25, 0.3) is 29.3 Å². The first-order chi connectivity index (χ1) is 28.7. The van der Waals surface area contributed by atoms with Gasteiger partial charge < -0.3 is 0 Å². The van der Waals surface area contributed by atoms with E-state index >= 15 is 0 Å². The van der Waals surface area contributed by atoms with E-state index in [1.165, 1.54) is 124 Å². The maximum atomic E-state index is 2.62. The minimum atomic E-state index is -0.833. The summed E-state index contributed by atoms with van der Waals surface area (Å²) in [5.41, 5.74) is 3.02. The van der Waals surface area contributed by atoms with Gasteiger partial charge in [-0.05, 0) is 109 Å². The quantitative estimate of drug-likeness (QED) is 0.0561. The summed E-state index contributed by atoms with van der Waals surface area (Å²) in [6.45, 7) is 4.61. The van der Waals surface area contributed by atoms with Crippen LogP contribution < -0.4 is 31.8 Å². The monoisotopic (exact) mass is 866 g/mol. The molecular formula is C52H52P2S4. The molecule has 0 unspecified atom stereocenters. The van der Waals surface area contributed by atoms with Crippen LogP contribution >= 0.6 is 61.2 Å². The highest BCUT2D eigenvalue weighted by Crippen LogP contribution is 2.51. The molecule has 4 aromatic heterocycles. The van der Waals surface area contributed by atoms with Crippen LogP contribution in [0.15, 0.2) is 156 Å². The van der Waals surface area contributed by atoms with E-state index in [1.54, 1.807) is 0 Å². The van der Waals surface area contributed by atoms with E-state index in [0.717, 1.165) is 12.8 Å². The van der Waals surface area contributed by atoms with Crippen molar-refractivity contribution in [1.29, 1.82) is 0 Å². The number of unbranched alkanes of at least 4 members (excludes halogenated alkanes) is 6. The van der Waals surface area contributed by atoms with Crippen LogP contribution in [0, 0.1) is 0 Å². The van der Waals surface area contributed by atoms with E-state index in [1.807, 2.05) is 22.7 Å². The van der Waals surface area contributed by atoms with Gasteiger partial charge in [-0.25, -0.2) is 0 Å². The van der Waals surface area contributed by atoms with Crippen molar-refractivity contribution in [3.8, 4) is 29.3 Å². The molecule has 4 heterocycles. The number of hydrogen-bond acceptors (Lipinski definition) is 4. The molecule has 0 nitrogen and oxygen atoms in total. The van der Waals surface area contributed by atoms with E-state index < -0.39 is 15.8 Å². The zero-order valence-corrected chi connectivity index (χ0v) is 38.7. The maximum absolute atomic E-state index is 2.62. The molecule has 8 rings (SSSR count). The molecule has 0 aliphatic rings. The van der Waals surface area contributed by atoms with Crippen molar-refractivity contribution in [3.63, 3.8) is 0 Å². The van der Waals surface area contributed by atoms with E-state index in [0.29, 0.717) is 0 Å². The molecule has 4 aromatic carbocycles. The summed E-state index contributed by atoms with van der Waals surface area (Å²) in [6, 6.07) is 55.4. The fourth-order valence-corrected chi connectivity index (χ4v) is 18.2. The topological polar surface area (TPSA) is 0 Å². The molecule has 0 N–H and O–H groups in total. The van der Waals surface area contributed by atoms with Gasteiger partial charge >= 0.3 is 0 Å². The van der Waals surface area contributed by atoms with E-state index in [9.17, 15) is 0 Å². The predicted octanol–water partition coefficient (Wildman–Crippen LogP) is 14.7. The fourth-order valence-electron chi connectivity index (χ4n) is 7.79. The van der Waals surface area contributed by atoms with Crippen LogP contribution in [-0.2, 0) is 12.8 Å². The second-order valence-electron chi connectivity index (χ2n) is 14.8. The molecule has 0 saturated carbocycles. The summed E-state index contributed by atoms with van der Waals surface area (Å²) in [6.07, 6.45) is 12.5. The van der Waals surface area contributed by atoms with Gasteiger partial charge in [-0.3, -0.25) is 0 Å². The Hall–Kier alpha value is -3.46. The zero-order valence-electron chi connectivity index (χ0n) is 33.6. The molecule has 8 aromatic rings. The van der Waals surface area contributed by atoms with Crippen molar-refractivity contribution in [1.82, 2.24) is 0 Å². The minimum Gasteiger partial charge on any atom is -0.143 e. The lowest BCUT2D eigenvalue weighted by Crippen LogP contribution is -2.23. The standard InChI is InChI=1S/C52H52P2S4/c1-3-5-7-13-23-39-33-35-55-49(39)47-37-45(53(41-25-15-9-16-26-41)42-27-17-10-18-28-42)51(57-47)52-46(54(43-29-19-11-20-30-43)44-31-21-12-22-32-44)38-48(58-52)50-40(34-36-56-50)24-14-8-6-4-2/h9-12,15-22,25-38H,3-8,13-14,23-24H2,1-2H3. The number of aryl methyl sites for hydroxylation is 2. The second-order valence-corrected chi connectivity index (χ2v) is 23.1. The lowest BCUT2D eigenvalue weighted by molar-refractivity contribution is 0.668. The number of hydrogen-bond donors (Lipinski definition) is 0. The third-order valence-corrected chi connectivity index (χ3v) is 20.6. The Morgan fingerprint density at radius 3 is 1.05 bits per heavy atom. The van der Waals surface area contributed by atoms with Crippen molar-refractivity contribution >= 4 is 93.0 Å². The molecule has 294 valence electrons. The number of rotatable bonds is 19. The van der Waals surface area contributed by atoms with Crippen LogP contribution in [0.2, 0.25) is 0 Å². The molecule has 0 bridgehead atoms. The first-order valence-electron chi connectivity index (χ1n) is 21.0. The van der Waals surface area contributed by atoms with Crippen molar-refractivity contribution < 1.29 is 0 Å². The lowest BCUT2D eigenvalue weighted by atomic mass is 10.1. The Balaban J connectivity index is 1.37. The molecule has 0 fully saturated rings. The Labute approximate surface area is 365 Å². The molecule has 0 aliphatic carbocycles. The summed E-state index contributed by atoms with van der Waals surface area (Å²) in [5, 5.41) is 13.2. The third-order valence-electron chi connectivity index (χ3n) is 10.7. The van der Waals surface area contributed by atoms with Gasteiger partial charge in [0.15, 0.2) is 0 Å². The summed E-state index contributed by atoms with van der Waals surface area (Å²) >= 11 is 7.97. The smallest absolute Gasteiger partial charge is 0.0539 e. The zero-order chi connectivity index (χ0) is 39.5. The van der Waals surface area contributed by atoms with E-state index in [2.05, 4.69) is 193 Å². The molecule has 0 aliphatic heterocycles. The van der Waals surface area contributed by atoms with Crippen LogP contribution in [0.5, 0.6) is 0 Å². The molecule has 0 atom stereocenters. The summed E-state index contributed by atoms with van der Waals surface area (Å²) < 4.78 is 0. The Morgan fingerprint density at radius 2 is 0.724 bits per heavy atom. The van der Waals surface area contributed by atoms with Crippen LogP contribution in [0.3, 0.4) is 0 Å². The van der Waals surface area contributed by atoms with Gasteiger partial charge in [-0.1, -0.05) is 174 Å². The minimum absolute atomic E-state index is 0.833. The van der Waals surface area contributed by atoms with Gasteiger partial charge in [-0.15, -0.1) is 45.3 Å². The van der Waals surface area contributed by atoms with Gasteiger partial charge in [0.05, 0.1) is 9.75 Å². The number of benzene rings is 4. The second kappa shape index (κ2) is 20.7. The molecule has 0 spiro atoms. The van der Waals surface area contributed by atoms with Crippen molar-refractivity contribution in [2.45, 2.75) is 78.1 Å². The van der Waals surface area contributed by atoms with E-state index in [4.69, 9.17) is 0 Å². The van der Waals surface area contributed by atoms with E-state index in [-0.39, 0.29) is 0 Å². The van der Waals surface area contributed by atoms with Gasteiger partial charge in [0, 0.05) is 30.1 Å². The van der Waals surface area contributed by atoms with Crippen molar-refractivity contribution in [3.05, 3.63) is 167 Å². The highest BCUT2D eigenvalue weighted by molar-refractivity contribution is 7.81. The van der Waals surface area contributed by atoms with Gasteiger partial charge in [-0.2, -0.15) is 0 Å². The average molecular weight is 867 g/mol. The molecule has 58 heavy (non-hydrogen) atoms. The average Bonchev–Trinajstić information content (AvgIpc) is 4.10. The predicted molar refractivity (Wildman–Crippen MR) is 267 cm³/mol. The Morgan fingerprint density at radius 1 is 0.379 bits per heavy atom. The third kappa shape index (κ3) is 9.61. The maximum Gasteiger partial charge on any atom is 0.0539 e. The first kappa shape index (κ1) is 41.3. The first-order valence-corrected chi connectivity index (χ1v) is 27.0. The Bertz CT molecular complexity index is 2190. The summed E-state index contributed by atoms with van der Waals surface area (Å²) in [5.74, 6) is 0. The van der Waals surface area contributed by atoms with Crippen molar-refractivity contribution in [2.24, 2.45) is 0 Å². The van der Waals surface area contributed by atoms with Crippen molar-refractivity contribution in [2.75, 3.05) is 0 Å². The van der Waals surface area contributed by atoms with Gasteiger partial charge in [0.1, 0.15) is 0 Å². The molecule has 0 amide bonds. The lowest BCUT2D eigenvalue weighted by Gasteiger charge is -2.22. The highest BCUT2D eigenvalue weighted by atomic mass is 32.1. The Kier molecular flexibility index (Phi) is 14.7. The summed E-state index contributed by atoms with van der Waals surface area (Å²) in [4.78, 5) is 8.66. The normalized spacial score (nSPS) is 11.6. The number of thiophene rings is 4. The molecule has 6 heteroatoms. The highest BCUT2D eigenvalue weighted by Gasteiger charge is 2.31. The largest absolute Gasteiger partial charge is 0.143 e. The molecule has 0 saturated heterocycles.